The van der Waals surface area contributed by atoms with Crippen LogP contribution in [0.25, 0.3) is 0 Å². The molecule has 4 aliphatic carbocycles. The van der Waals surface area contributed by atoms with Gasteiger partial charge in [-0.05, 0) is 80.5 Å². The summed E-state index contributed by atoms with van der Waals surface area (Å²) >= 11 is 0. The van der Waals surface area contributed by atoms with Gasteiger partial charge in [0.05, 0.1) is 45.2 Å². The molecule has 16 N–H and O–H groups in total. The van der Waals surface area contributed by atoms with Crippen LogP contribution in [0.1, 0.15) is 85.5 Å². The number of hydrogen-bond acceptors (Lipinski definition) is 25. The second-order valence-electron chi connectivity index (χ2n) is 23.9. The molecule has 3 saturated carbocycles. The molecule has 0 aromatic carbocycles. The van der Waals surface area contributed by atoms with Crippen LogP contribution >= 0.6 is 0 Å². The number of hydrogen-bond donors (Lipinski definition) is 16. The summed E-state index contributed by atoms with van der Waals surface area (Å²) in [5.74, 6) is -1.85. The number of ether oxygens (including phenoxy) is 9. The van der Waals surface area contributed by atoms with E-state index < -0.39 is 184 Å². The second-order valence-corrected chi connectivity index (χ2v) is 23.9. The van der Waals surface area contributed by atoms with Crippen molar-refractivity contribution < 1.29 is 124 Å². The van der Waals surface area contributed by atoms with Gasteiger partial charge in [0.2, 0.25) is 0 Å². The first-order valence-corrected chi connectivity index (χ1v) is 27.2. The van der Waals surface area contributed by atoms with Crippen LogP contribution in [0.2, 0.25) is 0 Å². The largest absolute Gasteiger partial charge is 0.394 e. The quantitative estimate of drug-likeness (QED) is 0.0644. The highest BCUT2D eigenvalue weighted by Gasteiger charge is 2.75. The minimum Gasteiger partial charge on any atom is -0.394 e. The summed E-state index contributed by atoms with van der Waals surface area (Å²) in [7, 11) is 0. The van der Waals surface area contributed by atoms with E-state index in [1.54, 1.807) is 0 Å². The van der Waals surface area contributed by atoms with E-state index in [0.29, 0.717) is 32.1 Å². The summed E-state index contributed by atoms with van der Waals surface area (Å²) in [6.45, 7) is 5.28. The average molecular weight is 1100 g/mol. The topological polar surface area (TPSA) is 407 Å². The summed E-state index contributed by atoms with van der Waals surface area (Å²) in [4.78, 5) is 0. The predicted octanol–water partition coefficient (Wildman–Crippen LogP) is -4.92. The van der Waals surface area contributed by atoms with Crippen LogP contribution in [0, 0.1) is 40.4 Å². The molecule has 0 amide bonds. The van der Waals surface area contributed by atoms with Crippen molar-refractivity contribution in [2.24, 2.45) is 40.4 Å². The third-order valence-corrected chi connectivity index (χ3v) is 19.8. The molecule has 31 atom stereocenters. The van der Waals surface area contributed by atoms with Crippen molar-refractivity contribution in [3.05, 3.63) is 11.6 Å². The van der Waals surface area contributed by atoms with E-state index in [0.717, 1.165) is 19.3 Å². The van der Waals surface area contributed by atoms with Gasteiger partial charge in [-0.2, -0.15) is 0 Å². The normalized spacial score (nSPS) is 54.8. The molecule has 9 aliphatic rings. The molecule has 0 radical (unpaired) electrons. The lowest BCUT2D eigenvalue weighted by molar-refractivity contribution is -0.390. The predicted molar refractivity (Wildman–Crippen MR) is 253 cm³/mol. The maximum absolute atomic E-state index is 12.9. The maximum Gasteiger partial charge on any atom is 0.187 e. The number of aliphatic hydroxyl groups excluding tert-OH is 14. The Labute approximate surface area is 440 Å². The van der Waals surface area contributed by atoms with Crippen molar-refractivity contribution in [2.45, 2.75) is 232 Å². The van der Waals surface area contributed by atoms with Crippen LogP contribution in [0.3, 0.4) is 0 Å². The highest BCUT2D eigenvalue weighted by molar-refractivity contribution is 5.29. The molecule has 0 aromatic heterocycles. The Kier molecular flexibility index (Phi) is 17.8. The van der Waals surface area contributed by atoms with Crippen LogP contribution < -0.4 is 0 Å². The fraction of sp³-hybridized carbons (Fsp3) is 0.961. The minimum absolute atomic E-state index is 0.0786. The summed E-state index contributed by atoms with van der Waals surface area (Å²) < 4.78 is 53.1. The van der Waals surface area contributed by atoms with Gasteiger partial charge in [-0.25, -0.2) is 0 Å². The van der Waals surface area contributed by atoms with Crippen LogP contribution in [0.15, 0.2) is 11.6 Å². The molecule has 438 valence electrons. The van der Waals surface area contributed by atoms with Gasteiger partial charge < -0.3 is 124 Å². The van der Waals surface area contributed by atoms with Gasteiger partial charge in [0.25, 0.3) is 0 Å². The number of allylic oxidation sites excluding steroid dienone is 1. The Hall–Kier alpha value is -1.26. The standard InChI is InChI=1S/C51H84O25/c1-20(19-68-44-39(63)35(59)32(56)27(15-52)70-44)7-12-50(66)21(2)51(67)31(76-50)14-26-24-6-5-22-13-23(8-10-48(22,3)25(24)9-11-49(26,51)4)69-45-41(65)38(62)42(30(18-55)73-45)74-47-43(37(61)34(58)29(17-54)72-47)75-46-40(64)36(60)33(57)28(16-53)71-46/h5,20-21,23-47,52-67H,6-19H2,1-4H3. The third-order valence-electron chi connectivity index (χ3n) is 19.8. The van der Waals surface area contributed by atoms with E-state index in [1.807, 2.05) is 13.8 Å². The smallest absolute Gasteiger partial charge is 0.187 e. The molecule has 0 spiro atoms. The first kappa shape index (κ1) is 59.4. The first-order chi connectivity index (χ1) is 35.9. The fourth-order valence-electron chi connectivity index (χ4n) is 15.0. The summed E-state index contributed by atoms with van der Waals surface area (Å²) in [5, 5.41) is 172. The first-order valence-electron chi connectivity index (χ1n) is 27.2. The van der Waals surface area contributed by atoms with Gasteiger partial charge in [0.15, 0.2) is 30.9 Å². The molecule has 76 heavy (non-hydrogen) atoms. The van der Waals surface area contributed by atoms with Gasteiger partial charge in [0.1, 0.15) is 103 Å². The molecule has 5 heterocycles. The lowest BCUT2D eigenvalue weighted by atomic mass is 9.46. The highest BCUT2D eigenvalue weighted by atomic mass is 16.8. The van der Waals surface area contributed by atoms with E-state index in [4.69, 9.17) is 42.6 Å². The Morgan fingerprint density at radius 1 is 0.605 bits per heavy atom. The molecule has 25 nitrogen and oxygen atoms in total. The van der Waals surface area contributed by atoms with E-state index in [-0.39, 0.29) is 42.1 Å². The van der Waals surface area contributed by atoms with E-state index in [2.05, 4.69) is 19.9 Å². The van der Waals surface area contributed by atoms with Crippen LogP contribution in [-0.4, -0.2) is 261 Å². The second kappa shape index (κ2) is 22.8. The molecule has 0 aromatic rings. The molecular formula is C51H84O25. The van der Waals surface area contributed by atoms with Gasteiger partial charge in [-0.3, -0.25) is 0 Å². The van der Waals surface area contributed by atoms with E-state index in [1.165, 1.54) is 5.57 Å². The van der Waals surface area contributed by atoms with Crippen molar-refractivity contribution in [3.8, 4) is 0 Å². The van der Waals surface area contributed by atoms with Crippen molar-refractivity contribution in [2.75, 3.05) is 33.0 Å². The molecule has 5 saturated heterocycles. The number of aliphatic hydroxyl groups is 16. The van der Waals surface area contributed by atoms with Crippen molar-refractivity contribution in [1.29, 1.82) is 0 Å². The zero-order valence-corrected chi connectivity index (χ0v) is 43.4. The van der Waals surface area contributed by atoms with Crippen LogP contribution in [-0.2, 0) is 42.6 Å². The summed E-state index contributed by atoms with van der Waals surface area (Å²) in [6.07, 6.45) is -26.0. The fourth-order valence-corrected chi connectivity index (χ4v) is 15.0. The number of rotatable bonds is 16. The van der Waals surface area contributed by atoms with Gasteiger partial charge in [0, 0.05) is 17.8 Å². The van der Waals surface area contributed by atoms with E-state index >= 15 is 0 Å². The molecule has 31 unspecified atom stereocenters. The lowest BCUT2D eigenvalue weighted by Crippen LogP contribution is -2.67. The third kappa shape index (κ3) is 10.1. The zero-order chi connectivity index (χ0) is 55.1. The maximum atomic E-state index is 12.9. The molecule has 8 fully saturated rings. The van der Waals surface area contributed by atoms with Crippen LogP contribution in [0.5, 0.6) is 0 Å². The van der Waals surface area contributed by atoms with E-state index in [9.17, 15) is 81.7 Å². The summed E-state index contributed by atoms with van der Waals surface area (Å²) in [6, 6.07) is 0. The SMILES string of the molecule is CC(CCC1(O)OC2CC3C4CC=C5CC(OC6OC(CO)C(OC7OC(CO)C(O)C(O)C7OC7OC(CO)C(O)C(O)C7O)C(O)C6O)CCC5(C)C4CCC3(C)C2(O)C1C)COC1OC(CO)C(O)C(O)C1O. The molecular weight excluding hydrogens is 1010 g/mol. The molecule has 25 heteroatoms. The van der Waals surface area contributed by atoms with Crippen LogP contribution in [0.4, 0.5) is 0 Å². The Balaban J connectivity index is 0.809. The Morgan fingerprint density at radius 3 is 1.76 bits per heavy atom. The van der Waals surface area contributed by atoms with Crippen molar-refractivity contribution in [1.82, 2.24) is 0 Å². The molecule has 9 rings (SSSR count). The summed E-state index contributed by atoms with van der Waals surface area (Å²) in [5.41, 5.74) is -0.905. The monoisotopic (exact) mass is 1100 g/mol. The van der Waals surface area contributed by atoms with Crippen molar-refractivity contribution >= 4 is 0 Å². The lowest BCUT2D eigenvalue weighted by Gasteiger charge is -2.59. The van der Waals surface area contributed by atoms with Gasteiger partial charge in [-0.15, -0.1) is 0 Å². The Morgan fingerprint density at radius 2 is 1.13 bits per heavy atom. The molecule has 0 bridgehead atoms. The highest BCUT2D eigenvalue weighted by Crippen LogP contribution is 2.71. The Bertz CT molecular complexity index is 1990. The molecule has 5 aliphatic heterocycles. The average Bonchev–Trinajstić information content (AvgIpc) is 3.93. The van der Waals surface area contributed by atoms with Crippen molar-refractivity contribution in [3.63, 3.8) is 0 Å². The minimum atomic E-state index is -1.93. The van der Waals surface area contributed by atoms with Gasteiger partial charge >= 0.3 is 0 Å². The number of fused-ring (bicyclic) bond motifs is 7. The zero-order valence-electron chi connectivity index (χ0n) is 43.4. The van der Waals surface area contributed by atoms with Gasteiger partial charge in [-0.1, -0.05) is 39.3 Å².